The van der Waals surface area contributed by atoms with E-state index >= 15 is 0 Å². The summed E-state index contributed by atoms with van der Waals surface area (Å²) >= 11 is 5.61. The molecule has 1 aromatic rings. The molecule has 3 nitrogen and oxygen atoms in total. The molecule has 0 heterocycles. The van der Waals surface area contributed by atoms with Crippen LogP contribution in [0.5, 0.6) is 5.75 Å². The summed E-state index contributed by atoms with van der Waals surface area (Å²) in [5, 5.41) is -0.245. The van der Waals surface area contributed by atoms with Crippen molar-refractivity contribution in [2.75, 3.05) is 13.7 Å². The SMILES string of the molecule is COc1cc(F)c(CCON)c(F)c1Cl. The Hall–Kier alpha value is -0.910. The summed E-state index contributed by atoms with van der Waals surface area (Å²) in [5.41, 5.74) is -0.161. The molecular weight excluding hydrogens is 228 g/mol. The summed E-state index contributed by atoms with van der Waals surface area (Å²) in [6.07, 6.45) is 0.0118. The normalized spacial score (nSPS) is 10.5. The van der Waals surface area contributed by atoms with Gasteiger partial charge < -0.3 is 9.57 Å². The van der Waals surface area contributed by atoms with Gasteiger partial charge >= 0.3 is 0 Å². The van der Waals surface area contributed by atoms with Crippen molar-refractivity contribution in [3.05, 3.63) is 28.3 Å². The lowest BCUT2D eigenvalue weighted by atomic mass is 10.1. The number of benzene rings is 1. The number of halogens is 3. The largest absolute Gasteiger partial charge is 0.495 e. The smallest absolute Gasteiger partial charge is 0.151 e. The van der Waals surface area contributed by atoms with Gasteiger partial charge in [0.25, 0.3) is 0 Å². The van der Waals surface area contributed by atoms with Crippen LogP contribution in [-0.4, -0.2) is 13.7 Å². The molecule has 84 valence electrons. The van der Waals surface area contributed by atoms with E-state index in [1.54, 1.807) is 0 Å². The van der Waals surface area contributed by atoms with Crippen LogP contribution in [0.1, 0.15) is 5.56 Å². The quantitative estimate of drug-likeness (QED) is 0.644. The van der Waals surface area contributed by atoms with Gasteiger partial charge in [-0.25, -0.2) is 14.7 Å². The van der Waals surface area contributed by atoms with Crippen LogP contribution in [0.25, 0.3) is 0 Å². The number of hydrogen-bond acceptors (Lipinski definition) is 3. The second-order valence-corrected chi connectivity index (χ2v) is 3.17. The molecule has 6 heteroatoms. The lowest BCUT2D eigenvalue weighted by molar-refractivity contribution is 0.140. The molecule has 0 atom stereocenters. The fourth-order valence-electron chi connectivity index (χ4n) is 1.15. The fourth-order valence-corrected chi connectivity index (χ4v) is 1.40. The first kappa shape index (κ1) is 12.2. The summed E-state index contributed by atoms with van der Waals surface area (Å²) in [6.45, 7) is 0.0104. The Morgan fingerprint density at radius 1 is 1.47 bits per heavy atom. The molecule has 0 saturated heterocycles. The van der Waals surface area contributed by atoms with Crippen LogP contribution in [0, 0.1) is 11.6 Å². The van der Waals surface area contributed by atoms with Crippen molar-refractivity contribution in [3.8, 4) is 5.75 Å². The van der Waals surface area contributed by atoms with Crippen LogP contribution in [0.15, 0.2) is 6.07 Å². The van der Waals surface area contributed by atoms with E-state index in [1.165, 1.54) is 7.11 Å². The molecule has 0 saturated carbocycles. The Kier molecular flexibility index (Phi) is 4.26. The van der Waals surface area contributed by atoms with Crippen molar-refractivity contribution in [1.82, 2.24) is 0 Å². The molecule has 0 fully saturated rings. The van der Waals surface area contributed by atoms with Gasteiger partial charge in [0.2, 0.25) is 0 Å². The summed E-state index contributed by atoms with van der Waals surface area (Å²) < 4.78 is 31.5. The molecule has 0 unspecified atom stereocenters. The van der Waals surface area contributed by atoms with Crippen molar-refractivity contribution < 1.29 is 18.4 Å². The van der Waals surface area contributed by atoms with Gasteiger partial charge in [-0.1, -0.05) is 11.6 Å². The Morgan fingerprint density at radius 2 is 2.13 bits per heavy atom. The highest BCUT2D eigenvalue weighted by Crippen LogP contribution is 2.31. The second kappa shape index (κ2) is 5.25. The van der Waals surface area contributed by atoms with Crippen LogP contribution in [0.4, 0.5) is 8.78 Å². The van der Waals surface area contributed by atoms with Crippen LogP contribution in [0.2, 0.25) is 5.02 Å². The Labute approximate surface area is 90.7 Å². The number of rotatable bonds is 4. The second-order valence-electron chi connectivity index (χ2n) is 2.79. The summed E-state index contributed by atoms with van der Waals surface area (Å²) in [4.78, 5) is 4.24. The highest BCUT2D eigenvalue weighted by Gasteiger charge is 2.17. The van der Waals surface area contributed by atoms with Crippen molar-refractivity contribution in [2.45, 2.75) is 6.42 Å². The van der Waals surface area contributed by atoms with E-state index in [4.69, 9.17) is 22.2 Å². The number of hydrogen-bond donors (Lipinski definition) is 1. The van der Waals surface area contributed by atoms with Crippen LogP contribution >= 0.6 is 11.6 Å². The Balaban J connectivity index is 3.11. The first-order chi connectivity index (χ1) is 7.11. The van der Waals surface area contributed by atoms with Gasteiger partial charge in [0.1, 0.15) is 16.6 Å². The minimum Gasteiger partial charge on any atom is -0.495 e. The lowest BCUT2D eigenvalue weighted by Crippen LogP contribution is -2.07. The van der Waals surface area contributed by atoms with Crippen molar-refractivity contribution >= 4 is 11.6 Å². The number of nitrogens with two attached hydrogens (primary N) is 1. The first-order valence-electron chi connectivity index (χ1n) is 4.13. The highest BCUT2D eigenvalue weighted by atomic mass is 35.5. The van der Waals surface area contributed by atoms with Crippen molar-refractivity contribution in [1.29, 1.82) is 0 Å². The predicted molar refractivity (Wildman–Crippen MR) is 51.8 cm³/mol. The molecule has 0 radical (unpaired) electrons. The molecule has 0 aliphatic carbocycles. The average Bonchev–Trinajstić information content (AvgIpc) is 2.23. The monoisotopic (exact) mass is 237 g/mol. The predicted octanol–water partition coefficient (Wildman–Crippen LogP) is 2.06. The summed E-state index contributed by atoms with van der Waals surface area (Å²) in [5.74, 6) is 3.16. The Morgan fingerprint density at radius 3 is 2.67 bits per heavy atom. The van der Waals surface area contributed by atoms with Gasteiger partial charge in [-0.3, -0.25) is 0 Å². The van der Waals surface area contributed by atoms with E-state index in [1.807, 2.05) is 0 Å². The topological polar surface area (TPSA) is 44.5 Å². The van der Waals surface area contributed by atoms with E-state index in [9.17, 15) is 8.78 Å². The summed E-state index contributed by atoms with van der Waals surface area (Å²) in [7, 11) is 1.28. The molecule has 1 aromatic carbocycles. The minimum absolute atomic E-state index is 0.0104. The third-order valence-corrected chi connectivity index (χ3v) is 2.26. The third-order valence-electron chi connectivity index (χ3n) is 1.91. The maximum Gasteiger partial charge on any atom is 0.151 e. The molecule has 0 amide bonds. The standard InChI is InChI=1S/C9H10ClF2NO2/c1-14-7-4-6(11)5(2-3-15-13)9(12)8(7)10/h4H,2-3,13H2,1H3. The maximum atomic E-state index is 13.5. The highest BCUT2D eigenvalue weighted by molar-refractivity contribution is 6.32. The van der Waals surface area contributed by atoms with Crippen molar-refractivity contribution in [3.63, 3.8) is 0 Å². The van der Waals surface area contributed by atoms with Crippen molar-refractivity contribution in [2.24, 2.45) is 5.90 Å². The van der Waals surface area contributed by atoms with Crippen LogP contribution < -0.4 is 10.6 Å². The zero-order valence-electron chi connectivity index (χ0n) is 8.02. The molecule has 0 aromatic heterocycles. The van der Waals surface area contributed by atoms with Gasteiger partial charge in [-0.05, 0) is 0 Å². The molecule has 0 aliphatic rings. The third kappa shape index (κ3) is 2.56. The molecule has 0 spiro atoms. The zero-order valence-corrected chi connectivity index (χ0v) is 8.78. The molecule has 15 heavy (non-hydrogen) atoms. The van der Waals surface area contributed by atoms with Gasteiger partial charge in [0.05, 0.1) is 13.7 Å². The van der Waals surface area contributed by atoms with Gasteiger partial charge in [-0.2, -0.15) is 0 Å². The fraction of sp³-hybridized carbons (Fsp3) is 0.333. The Bertz CT molecular complexity index is 360. The molecule has 2 N–H and O–H groups in total. The van der Waals surface area contributed by atoms with E-state index in [2.05, 4.69) is 4.84 Å². The maximum absolute atomic E-state index is 13.5. The molecule has 1 rings (SSSR count). The van der Waals surface area contributed by atoms with E-state index in [-0.39, 0.29) is 29.4 Å². The average molecular weight is 238 g/mol. The van der Waals surface area contributed by atoms with Gasteiger partial charge in [0, 0.05) is 18.1 Å². The molecule has 0 bridgehead atoms. The van der Waals surface area contributed by atoms with E-state index in [0.29, 0.717) is 0 Å². The van der Waals surface area contributed by atoms with Gasteiger partial charge in [-0.15, -0.1) is 0 Å². The van der Waals surface area contributed by atoms with Gasteiger partial charge in [0.15, 0.2) is 5.82 Å². The van der Waals surface area contributed by atoms with E-state index in [0.717, 1.165) is 6.07 Å². The lowest BCUT2D eigenvalue weighted by Gasteiger charge is -2.09. The van der Waals surface area contributed by atoms with E-state index < -0.39 is 11.6 Å². The molecular formula is C9H10ClF2NO2. The zero-order chi connectivity index (χ0) is 11.4. The first-order valence-corrected chi connectivity index (χ1v) is 4.51. The van der Waals surface area contributed by atoms with Crippen LogP contribution in [-0.2, 0) is 11.3 Å². The number of methoxy groups -OCH3 is 1. The summed E-state index contributed by atoms with van der Waals surface area (Å²) in [6, 6.07) is 1.03. The van der Waals surface area contributed by atoms with Crippen LogP contribution in [0.3, 0.4) is 0 Å². The minimum atomic E-state index is -0.842. The molecule has 0 aliphatic heterocycles. The number of ether oxygens (including phenoxy) is 1.